The van der Waals surface area contributed by atoms with Crippen LogP contribution < -0.4 is 4.74 Å². The second kappa shape index (κ2) is 17.3. The highest BCUT2D eigenvalue weighted by atomic mass is 19.4. The number of oxime groups is 1. The van der Waals surface area contributed by atoms with E-state index in [1.807, 2.05) is 12.2 Å². The number of halogens is 3. The molecule has 0 aromatic heterocycles. The Morgan fingerprint density at radius 3 is 2.71 bits per heavy atom. The summed E-state index contributed by atoms with van der Waals surface area (Å²) in [4.78, 5) is 19.0. The van der Waals surface area contributed by atoms with E-state index in [2.05, 4.69) is 10.1 Å². The molecular formula is C30H41F3N2O7. The fourth-order valence-corrected chi connectivity index (χ4v) is 5.06. The van der Waals surface area contributed by atoms with Crippen molar-refractivity contribution in [3.8, 4) is 5.75 Å². The fraction of sp³-hybridized carbons (Fsp3) is 0.600. The van der Waals surface area contributed by atoms with E-state index in [0.717, 1.165) is 31.8 Å². The average molecular weight is 599 g/mol. The molecule has 1 aromatic rings. The van der Waals surface area contributed by atoms with Crippen molar-refractivity contribution in [3.05, 3.63) is 54.1 Å². The van der Waals surface area contributed by atoms with Gasteiger partial charge in [0.15, 0.2) is 0 Å². The Hall–Kier alpha value is -2.93. The van der Waals surface area contributed by atoms with E-state index in [9.17, 15) is 33.3 Å². The molecule has 2 fully saturated rings. The summed E-state index contributed by atoms with van der Waals surface area (Å²) in [5, 5.41) is 34.8. The molecule has 12 heteroatoms. The van der Waals surface area contributed by atoms with Crippen LogP contribution in [0.3, 0.4) is 0 Å². The van der Waals surface area contributed by atoms with Crippen LogP contribution in [-0.4, -0.2) is 83.7 Å². The summed E-state index contributed by atoms with van der Waals surface area (Å²) in [6.45, 7) is 2.35. The molecule has 0 amide bonds. The molecule has 42 heavy (non-hydrogen) atoms. The van der Waals surface area contributed by atoms with Crippen LogP contribution in [0.25, 0.3) is 0 Å². The molecule has 1 heterocycles. The van der Waals surface area contributed by atoms with Crippen LogP contribution in [-0.2, 0) is 20.5 Å². The second-order valence-corrected chi connectivity index (χ2v) is 10.6. The number of ether oxygens (including phenoxy) is 2. The maximum atomic E-state index is 12.9. The number of alkyl halides is 3. The Bertz CT molecular complexity index is 1040. The fourth-order valence-electron chi connectivity index (χ4n) is 5.06. The van der Waals surface area contributed by atoms with Crippen LogP contribution in [0.5, 0.6) is 5.75 Å². The predicted octanol–water partition coefficient (Wildman–Crippen LogP) is 4.07. The summed E-state index contributed by atoms with van der Waals surface area (Å²) >= 11 is 0. The van der Waals surface area contributed by atoms with Crippen LogP contribution in [0.2, 0.25) is 0 Å². The molecule has 1 aliphatic carbocycles. The average Bonchev–Trinajstić information content (AvgIpc) is 3.56. The summed E-state index contributed by atoms with van der Waals surface area (Å²) in [7, 11) is 0. The number of allylic oxidation sites excluding steroid dienone is 2. The van der Waals surface area contributed by atoms with Crippen LogP contribution in [0.15, 0.2) is 53.7 Å². The third kappa shape index (κ3) is 11.7. The zero-order chi connectivity index (χ0) is 30.4. The molecule has 0 spiro atoms. The molecule has 1 aromatic carbocycles. The number of hydrogen-bond donors (Lipinski definition) is 3. The number of nitrogens with zero attached hydrogens (tertiary/aromatic N) is 2. The van der Waals surface area contributed by atoms with Crippen molar-refractivity contribution in [1.29, 1.82) is 0 Å². The highest BCUT2D eigenvalue weighted by Gasteiger charge is 2.39. The normalized spacial score (nSPS) is 24.2. The van der Waals surface area contributed by atoms with Gasteiger partial charge in [0.2, 0.25) is 0 Å². The topological polar surface area (TPSA) is 121 Å². The smallest absolute Gasteiger partial charge is 0.416 e. The van der Waals surface area contributed by atoms with E-state index >= 15 is 0 Å². The first-order chi connectivity index (χ1) is 20.1. The van der Waals surface area contributed by atoms with Gasteiger partial charge >= 0.3 is 12.1 Å². The number of carbonyl (C=O) groups is 1. The Morgan fingerprint density at radius 1 is 1.17 bits per heavy atom. The number of rotatable bonds is 16. The van der Waals surface area contributed by atoms with Crippen molar-refractivity contribution in [3.63, 3.8) is 0 Å². The van der Waals surface area contributed by atoms with Gasteiger partial charge in [-0.05, 0) is 69.3 Å². The number of aliphatic hydroxyl groups excluding tert-OH is 3. The van der Waals surface area contributed by atoms with E-state index < -0.39 is 36.0 Å². The Kier molecular flexibility index (Phi) is 13.8. The van der Waals surface area contributed by atoms with E-state index in [1.54, 1.807) is 12.3 Å². The third-order valence-electron chi connectivity index (χ3n) is 7.34. The Morgan fingerprint density at radius 2 is 1.95 bits per heavy atom. The minimum atomic E-state index is -4.50. The highest BCUT2D eigenvalue weighted by Crippen LogP contribution is 2.36. The van der Waals surface area contributed by atoms with Crippen molar-refractivity contribution in [2.45, 2.75) is 69.4 Å². The summed E-state index contributed by atoms with van der Waals surface area (Å²) in [6, 6.07) is 4.39. The number of hydrogen-bond acceptors (Lipinski definition) is 9. The third-order valence-corrected chi connectivity index (χ3v) is 7.34. The molecule has 0 bridgehead atoms. The van der Waals surface area contributed by atoms with Crippen molar-refractivity contribution < 1.29 is 47.6 Å². The molecule has 1 saturated carbocycles. The molecular weight excluding hydrogens is 557 g/mol. The number of aliphatic hydroxyl groups is 3. The summed E-state index contributed by atoms with van der Waals surface area (Å²) < 4.78 is 48.9. The first-order valence-corrected chi connectivity index (χ1v) is 14.3. The van der Waals surface area contributed by atoms with Gasteiger partial charge in [0, 0.05) is 25.3 Å². The van der Waals surface area contributed by atoms with Gasteiger partial charge < -0.3 is 29.6 Å². The van der Waals surface area contributed by atoms with E-state index in [-0.39, 0.29) is 43.9 Å². The molecule has 3 N–H and O–H groups in total. The molecule has 234 valence electrons. The molecule has 0 unspecified atom stereocenters. The maximum absolute atomic E-state index is 12.9. The van der Waals surface area contributed by atoms with E-state index in [0.29, 0.717) is 19.3 Å². The van der Waals surface area contributed by atoms with Gasteiger partial charge in [-0.25, -0.2) is 0 Å². The van der Waals surface area contributed by atoms with Gasteiger partial charge in [0.25, 0.3) is 6.79 Å². The second-order valence-electron chi connectivity index (χ2n) is 10.6. The van der Waals surface area contributed by atoms with Gasteiger partial charge in [-0.3, -0.25) is 9.69 Å². The van der Waals surface area contributed by atoms with Crippen LogP contribution in [0, 0.1) is 11.8 Å². The van der Waals surface area contributed by atoms with Gasteiger partial charge in [0.1, 0.15) is 18.5 Å². The lowest BCUT2D eigenvalue weighted by Gasteiger charge is -2.19. The van der Waals surface area contributed by atoms with Crippen LogP contribution in [0.1, 0.15) is 50.5 Å². The predicted molar refractivity (Wildman–Crippen MR) is 150 cm³/mol. The monoisotopic (exact) mass is 598 g/mol. The minimum Gasteiger partial charge on any atom is -0.491 e. The molecule has 3 rings (SSSR count). The summed E-state index contributed by atoms with van der Waals surface area (Å²) in [5.41, 5.74) is -0.845. The molecule has 2 aliphatic rings. The number of unbranched alkanes of at least 4 members (excludes halogenated alkanes) is 1. The number of likely N-dealkylation sites (tertiary alicyclic amines) is 1. The van der Waals surface area contributed by atoms with Gasteiger partial charge in [0.05, 0.1) is 24.0 Å². The summed E-state index contributed by atoms with van der Waals surface area (Å²) in [5.74, 6) is -1.10. The molecule has 0 radical (unpaired) electrons. The molecule has 1 aliphatic heterocycles. The highest BCUT2D eigenvalue weighted by molar-refractivity contribution is 5.69. The van der Waals surface area contributed by atoms with Crippen LogP contribution in [0.4, 0.5) is 13.2 Å². The number of carbonyl (C=O) groups excluding carboxylic acids is 1. The van der Waals surface area contributed by atoms with E-state index in [4.69, 9.17) is 14.3 Å². The maximum Gasteiger partial charge on any atom is 0.416 e. The Balaban J connectivity index is 1.32. The quantitative estimate of drug-likeness (QED) is 0.0651. The number of esters is 1. The first-order valence-electron chi connectivity index (χ1n) is 14.3. The largest absolute Gasteiger partial charge is 0.491 e. The number of benzene rings is 1. The lowest BCUT2D eigenvalue weighted by atomic mass is 9.89. The lowest BCUT2D eigenvalue weighted by Crippen LogP contribution is -2.21. The van der Waals surface area contributed by atoms with Crippen molar-refractivity contribution >= 4 is 12.2 Å². The van der Waals surface area contributed by atoms with Crippen LogP contribution >= 0.6 is 0 Å². The summed E-state index contributed by atoms with van der Waals surface area (Å²) in [6.07, 6.45) is 5.86. The zero-order valence-corrected chi connectivity index (χ0v) is 23.6. The van der Waals surface area contributed by atoms with E-state index in [1.165, 1.54) is 31.1 Å². The molecule has 9 nitrogen and oxygen atoms in total. The van der Waals surface area contributed by atoms with Gasteiger partial charge in [-0.2, -0.15) is 13.2 Å². The SMILES string of the molecule is O=C(CCC/C=C\C[C@@H]1[C@@H](/C=C/[C@@H](O)COc2cccc(C(F)(F)F)c2)[C@H](O)C[C@@H]1O)OCO/N=C/CN1CCCC1. The van der Waals surface area contributed by atoms with Crippen molar-refractivity contribution in [2.24, 2.45) is 17.0 Å². The van der Waals surface area contributed by atoms with Crippen molar-refractivity contribution in [1.82, 2.24) is 4.90 Å². The lowest BCUT2D eigenvalue weighted by molar-refractivity contribution is -0.156. The van der Waals surface area contributed by atoms with Gasteiger partial charge in [-0.1, -0.05) is 35.5 Å². The minimum absolute atomic E-state index is 0.0179. The Labute approximate surface area is 244 Å². The first kappa shape index (κ1) is 33.6. The standard InChI is InChI=1S/C30H41F3N2O7/c31-30(32,33)22-8-7-9-24(18-22)40-20-23(36)12-13-26-25(27(37)19-28(26)38)10-3-1-2-4-11-29(39)41-21-42-34-14-17-35-15-5-6-16-35/h1,3,7-9,12-14,18,23,25-28,36-38H,2,4-6,10-11,15-17,19-21H2/b3-1-,13-12+,34-14+/t23-,25-,26-,27+,28-/m1/s1. The molecule has 5 atom stereocenters. The van der Waals surface area contributed by atoms with Crippen molar-refractivity contribution in [2.75, 3.05) is 33.0 Å². The van der Waals surface area contributed by atoms with Gasteiger partial charge in [-0.15, -0.1) is 0 Å². The zero-order valence-electron chi connectivity index (χ0n) is 23.6. The molecule has 1 saturated heterocycles.